The zero-order valence-corrected chi connectivity index (χ0v) is 41.2. The molecule has 0 aliphatic rings. The smallest absolute Gasteiger partial charge is 0.254 e. The summed E-state index contributed by atoms with van der Waals surface area (Å²) < 4.78 is 24.2. The maximum atomic E-state index is 14.3. The van der Waals surface area contributed by atoms with Crippen LogP contribution in [0.4, 0.5) is 0 Å². The summed E-state index contributed by atoms with van der Waals surface area (Å²) in [5.74, 6) is 0.0785. The summed E-state index contributed by atoms with van der Waals surface area (Å²) in [5, 5.41) is 0. The molecule has 0 aromatic heterocycles. The number of hydrogen-bond donors (Lipinski definition) is 0. The zero-order valence-electron chi connectivity index (χ0n) is 41.2. The van der Waals surface area contributed by atoms with Gasteiger partial charge in [0.2, 0.25) is 0 Å². The minimum atomic E-state index is -0.560. The van der Waals surface area contributed by atoms with E-state index in [0.717, 1.165) is 51.6 Å². The van der Waals surface area contributed by atoms with E-state index in [2.05, 4.69) is 63.8 Å². The molecule has 0 saturated heterocycles. The van der Waals surface area contributed by atoms with Crippen molar-refractivity contribution in [2.24, 2.45) is 0 Å². The fourth-order valence-corrected chi connectivity index (χ4v) is 7.91. The fourth-order valence-electron chi connectivity index (χ4n) is 7.91. The number of carbonyl (C=O) groups is 1. The van der Waals surface area contributed by atoms with Crippen LogP contribution in [0.3, 0.4) is 0 Å². The van der Waals surface area contributed by atoms with Crippen molar-refractivity contribution in [3.63, 3.8) is 0 Å². The molecule has 0 aromatic carbocycles. The minimum Gasteiger partial charge on any atom is -0.379 e. The van der Waals surface area contributed by atoms with Crippen molar-refractivity contribution in [1.82, 2.24) is 4.90 Å². The molecule has 0 spiro atoms. The molecule has 0 radical (unpaired) electrons. The SMILES string of the molecule is CCCCCCCC/C=C\CCCCCCCCOCC(OCCCCCCCC/C=C\CCCCCCCC)C(=O)N(CCOCCOCCC)C(CC)CCCCC. The van der Waals surface area contributed by atoms with E-state index >= 15 is 0 Å². The standard InChI is InChI=1S/C54H105NO5/c1-6-11-14-16-18-20-22-24-26-28-30-32-34-36-38-41-46-59-51-53(60-47-42-39-37-35-33-31-29-27-25-23-21-19-17-15-12-7-2)54(56)55(52(10-5)43-40-13-8-3)44-48-58-50-49-57-45-9-4/h24-27,52-53H,6-23,28-51H2,1-5H3/b26-24-,27-25-. The van der Waals surface area contributed by atoms with E-state index in [9.17, 15) is 4.79 Å². The van der Waals surface area contributed by atoms with Gasteiger partial charge in [-0.05, 0) is 83.5 Å². The number of amides is 1. The summed E-state index contributed by atoms with van der Waals surface area (Å²) >= 11 is 0. The number of carbonyl (C=O) groups excluding carboxylic acids is 1. The summed E-state index contributed by atoms with van der Waals surface area (Å²) in [6.45, 7) is 15.8. The van der Waals surface area contributed by atoms with Crippen LogP contribution in [0.1, 0.15) is 253 Å². The Morgan fingerprint density at radius 3 is 1.30 bits per heavy atom. The fraction of sp³-hybridized carbons (Fsp3) is 0.907. The molecular weight excluding hydrogens is 743 g/mol. The van der Waals surface area contributed by atoms with Crippen LogP contribution in [0, 0.1) is 0 Å². The molecule has 1 amide bonds. The molecule has 0 rings (SSSR count). The van der Waals surface area contributed by atoms with E-state index in [1.807, 2.05) is 0 Å². The number of ether oxygens (including phenoxy) is 4. The van der Waals surface area contributed by atoms with Gasteiger partial charge in [-0.3, -0.25) is 4.79 Å². The first-order chi connectivity index (χ1) is 29.7. The highest BCUT2D eigenvalue weighted by atomic mass is 16.5. The first-order valence-corrected chi connectivity index (χ1v) is 26.6. The van der Waals surface area contributed by atoms with Gasteiger partial charge >= 0.3 is 0 Å². The minimum absolute atomic E-state index is 0.0785. The largest absolute Gasteiger partial charge is 0.379 e. The molecule has 6 nitrogen and oxygen atoms in total. The Bertz CT molecular complexity index is 893. The van der Waals surface area contributed by atoms with Gasteiger partial charge in [0.05, 0.1) is 26.4 Å². The summed E-state index contributed by atoms with van der Waals surface area (Å²) in [4.78, 5) is 16.4. The Labute approximate surface area is 375 Å². The van der Waals surface area contributed by atoms with Crippen molar-refractivity contribution in [3.05, 3.63) is 24.3 Å². The van der Waals surface area contributed by atoms with Crippen molar-refractivity contribution >= 4 is 5.91 Å². The number of hydrogen-bond acceptors (Lipinski definition) is 5. The summed E-state index contributed by atoms with van der Waals surface area (Å²) in [5.41, 5.74) is 0. The van der Waals surface area contributed by atoms with E-state index in [-0.39, 0.29) is 11.9 Å². The van der Waals surface area contributed by atoms with Crippen molar-refractivity contribution < 1.29 is 23.7 Å². The predicted molar refractivity (Wildman–Crippen MR) is 261 cm³/mol. The Kier molecular flexibility index (Phi) is 49.4. The lowest BCUT2D eigenvalue weighted by Crippen LogP contribution is -2.49. The van der Waals surface area contributed by atoms with Crippen LogP contribution >= 0.6 is 0 Å². The second-order valence-electron chi connectivity index (χ2n) is 17.6. The van der Waals surface area contributed by atoms with Crippen LogP contribution in [-0.2, 0) is 23.7 Å². The molecule has 356 valence electrons. The first kappa shape index (κ1) is 58.8. The number of nitrogens with zero attached hydrogens (tertiary/aromatic N) is 1. The lowest BCUT2D eigenvalue weighted by Gasteiger charge is -2.34. The second kappa shape index (κ2) is 50.4. The van der Waals surface area contributed by atoms with Crippen LogP contribution in [0.15, 0.2) is 24.3 Å². The van der Waals surface area contributed by atoms with Crippen LogP contribution < -0.4 is 0 Å². The molecule has 2 atom stereocenters. The van der Waals surface area contributed by atoms with Crippen LogP contribution in [-0.4, -0.2) is 75.7 Å². The lowest BCUT2D eigenvalue weighted by molar-refractivity contribution is -0.152. The molecule has 0 bridgehead atoms. The average Bonchev–Trinajstić information content (AvgIpc) is 3.26. The third kappa shape index (κ3) is 40.8. The third-order valence-electron chi connectivity index (χ3n) is 11.9. The molecule has 0 aliphatic heterocycles. The highest BCUT2D eigenvalue weighted by Crippen LogP contribution is 2.18. The van der Waals surface area contributed by atoms with Gasteiger partial charge in [0, 0.05) is 32.4 Å². The molecule has 0 aromatic rings. The van der Waals surface area contributed by atoms with Gasteiger partial charge in [-0.1, -0.05) is 194 Å². The lowest BCUT2D eigenvalue weighted by atomic mass is 10.0. The number of rotatable bonds is 50. The van der Waals surface area contributed by atoms with Gasteiger partial charge in [0.1, 0.15) is 0 Å². The molecule has 2 unspecified atom stereocenters. The zero-order chi connectivity index (χ0) is 43.7. The normalized spacial score (nSPS) is 12.9. The topological polar surface area (TPSA) is 57.2 Å². The average molecular weight is 848 g/mol. The highest BCUT2D eigenvalue weighted by molar-refractivity contribution is 5.81. The first-order valence-electron chi connectivity index (χ1n) is 26.6. The third-order valence-corrected chi connectivity index (χ3v) is 11.9. The molecule has 0 N–H and O–H groups in total. The molecular formula is C54H105NO5. The molecule has 0 heterocycles. The van der Waals surface area contributed by atoms with Crippen molar-refractivity contribution in [1.29, 1.82) is 0 Å². The number of allylic oxidation sites excluding steroid dienone is 4. The van der Waals surface area contributed by atoms with Crippen molar-refractivity contribution in [2.45, 2.75) is 265 Å². The van der Waals surface area contributed by atoms with Gasteiger partial charge in [-0.15, -0.1) is 0 Å². The quantitative estimate of drug-likeness (QED) is 0.0451. The van der Waals surface area contributed by atoms with E-state index in [4.69, 9.17) is 18.9 Å². The van der Waals surface area contributed by atoms with Gasteiger partial charge in [0.25, 0.3) is 5.91 Å². The maximum absolute atomic E-state index is 14.3. The molecule has 60 heavy (non-hydrogen) atoms. The van der Waals surface area contributed by atoms with Crippen molar-refractivity contribution in [2.75, 3.05) is 52.8 Å². The monoisotopic (exact) mass is 848 g/mol. The van der Waals surface area contributed by atoms with Crippen LogP contribution in [0.2, 0.25) is 0 Å². The van der Waals surface area contributed by atoms with Gasteiger partial charge in [-0.25, -0.2) is 0 Å². The second-order valence-corrected chi connectivity index (χ2v) is 17.6. The predicted octanol–water partition coefficient (Wildman–Crippen LogP) is 16.1. The van der Waals surface area contributed by atoms with E-state index < -0.39 is 6.10 Å². The van der Waals surface area contributed by atoms with Crippen LogP contribution in [0.5, 0.6) is 0 Å². The molecule has 0 saturated carbocycles. The van der Waals surface area contributed by atoms with Crippen molar-refractivity contribution in [3.8, 4) is 0 Å². The van der Waals surface area contributed by atoms with Gasteiger partial charge in [0.15, 0.2) is 6.10 Å². The van der Waals surface area contributed by atoms with E-state index in [1.165, 1.54) is 173 Å². The summed E-state index contributed by atoms with van der Waals surface area (Å²) in [6, 6.07) is 0.191. The van der Waals surface area contributed by atoms with E-state index in [1.54, 1.807) is 0 Å². The molecule has 0 aliphatic carbocycles. The van der Waals surface area contributed by atoms with Gasteiger partial charge in [-0.2, -0.15) is 0 Å². The molecule has 6 heteroatoms. The highest BCUT2D eigenvalue weighted by Gasteiger charge is 2.29. The Balaban J connectivity index is 4.80. The summed E-state index contributed by atoms with van der Waals surface area (Å²) in [6.07, 6.45) is 51.6. The molecule has 0 fully saturated rings. The Morgan fingerprint density at radius 1 is 0.417 bits per heavy atom. The van der Waals surface area contributed by atoms with Crippen LogP contribution in [0.25, 0.3) is 0 Å². The Morgan fingerprint density at radius 2 is 0.833 bits per heavy atom. The maximum Gasteiger partial charge on any atom is 0.254 e. The Hall–Kier alpha value is -1.21. The number of unbranched alkanes of at least 4 members (excludes halogenated alkanes) is 26. The summed E-state index contributed by atoms with van der Waals surface area (Å²) in [7, 11) is 0. The van der Waals surface area contributed by atoms with E-state index in [0.29, 0.717) is 46.2 Å². The van der Waals surface area contributed by atoms with Gasteiger partial charge < -0.3 is 23.8 Å².